The molecule has 1 aromatic heterocycles. The SMILES string of the molecule is COc1c(Cl)cc(Cl)cc1/C(O)=C1\C(=O)C(=O)N(c2ccc(Br)cc2)C1c1ccc(C)o1. The van der Waals surface area contributed by atoms with Gasteiger partial charge < -0.3 is 14.3 Å². The average Bonchev–Trinajstić information content (AvgIpc) is 3.29. The molecule has 0 aliphatic carbocycles. The van der Waals surface area contributed by atoms with Gasteiger partial charge in [0.05, 0.1) is 23.3 Å². The Morgan fingerprint density at radius 2 is 1.81 bits per heavy atom. The third kappa shape index (κ3) is 3.81. The maximum absolute atomic E-state index is 13.2. The van der Waals surface area contributed by atoms with Crippen LogP contribution in [0.4, 0.5) is 5.69 Å². The van der Waals surface area contributed by atoms with E-state index in [0.29, 0.717) is 17.2 Å². The van der Waals surface area contributed by atoms with Gasteiger partial charge in [0, 0.05) is 15.2 Å². The molecule has 2 heterocycles. The summed E-state index contributed by atoms with van der Waals surface area (Å²) >= 11 is 15.7. The van der Waals surface area contributed by atoms with Gasteiger partial charge in [0.1, 0.15) is 29.1 Å². The normalized spacial score (nSPS) is 17.8. The number of ketones is 1. The summed E-state index contributed by atoms with van der Waals surface area (Å²) in [5, 5.41) is 11.6. The molecule has 9 heteroatoms. The molecule has 2 aromatic carbocycles. The van der Waals surface area contributed by atoms with Gasteiger partial charge in [-0.05, 0) is 55.5 Å². The van der Waals surface area contributed by atoms with Crippen molar-refractivity contribution in [3.63, 3.8) is 0 Å². The van der Waals surface area contributed by atoms with Crippen LogP contribution < -0.4 is 9.64 Å². The minimum absolute atomic E-state index is 0.0899. The standard InChI is InChI=1S/C23H16BrCl2NO5/c1-11-3-8-17(32-11)19-18(20(28)15-9-13(25)10-16(26)22(15)31-2)21(29)23(30)27(19)14-6-4-12(24)5-7-14/h3-10,19,28H,1-2H3/b20-18+. The first-order valence-electron chi connectivity index (χ1n) is 9.39. The topological polar surface area (TPSA) is 80.0 Å². The zero-order chi connectivity index (χ0) is 23.2. The van der Waals surface area contributed by atoms with E-state index in [0.717, 1.165) is 4.47 Å². The van der Waals surface area contributed by atoms with Crippen LogP contribution in [0.3, 0.4) is 0 Å². The van der Waals surface area contributed by atoms with Crippen molar-refractivity contribution in [2.24, 2.45) is 0 Å². The molecular formula is C23H16BrCl2NO5. The van der Waals surface area contributed by atoms with E-state index < -0.39 is 23.5 Å². The monoisotopic (exact) mass is 535 g/mol. The molecule has 3 aromatic rings. The lowest BCUT2D eigenvalue weighted by atomic mass is 9.98. The average molecular weight is 537 g/mol. The molecule has 32 heavy (non-hydrogen) atoms. The number of rotatable bonds is 4. The zero-order valence-corrected chi connectivity index (χ0v) is 20.0. The first kappa shape index (κ1) is 22.5. The number of nitrogens with zero attached hydrogens (tertiary/aromatic N) is 1. The fourth-order valence-corrected chi connectivity index (χ4v) is 4.49. The number of carbonyl (C=O) groups excluding carboxylic acids is 2. The molecular weight excluding hydrogens is 521 g/mol. The van der Waals surface area contributed by atoms with Gasteiger partial charge in [-0.3, -0.25) is 14.5 Å². The molecule has 0 spiro atoms. The first-order valence-corrected chi connectivity index (χ1v) is 10.9. The van der Waals surface area contributed by atoms with E-state index in [4.69, 9.17) is 32.4 Å². The highest BCUT2D eigenvalue weighted by Gasteiger charge is 2.48. The van der Waals surface area contributed by atoms with Gasteiger partial charge in [0.25, 0.3) is 11.7 Å². The summed E-state index contributed by atoms with van der Waals surface area (Å²) in [7, 11) is 1.37. The van der Waals surface area contributed by atoms with Crippen molar-refractivity contribution < 1.29 is 23.8 Å². The van der Waals surface area contributed by atoms with Crippen molar-refractivity contribution in [2.45, 2.75) is 13.0 Å². The smallest absolute Gasteiger partial charge is 0.300 e. The predicted molar refractivity (Wildman–Crippen MR) is 125 cm³/mol. The van der Waals surface area contributed by atoms with Crippen LogP contribution in [0.25, 0.3) is 5.76 Å². The summed E-state index contributed by atoms with van der Waals surface area (Å²) < 4.78 is 11.9. The van der Waals surface area contributed by atoms with Crippen LogP contribution in [-0.2, 0) is 9.59 Å². The maximum atomic E-state index is 13.2. The summed E-state index contributed by atoms with van der Waals surface area (Å²) in [4.78, 5) is 27.6. The lowest BCUT2D eigenvalue weighted by Crippen LogP contribution is -2.29. The van der Waals surface area contributed by atoms with Crippen LogP contribution in [0.5, 0.6) is 5.75 Å². The lowest BCUT2D eigenvalue weighted by Gasteiger charge is -2.23. The van der Waals surface area contributed by atoms with Gasteiger partial charge in [-0.25, -0.2) is 0 Å². The predicted octanol–water partition coefficient (Wildman–Crippen LogP) is 6.29. The van der Waals surface area contributed by atoms with E-state index in [1.165, 1.54) is 24.1 Å². The van der Waals surface area contributed by atoms with Crippen LogP contribution >= 0.6 is 39.1 Å². The fourth-order valence-electron chi connectivity index (χ4n) is 3.66. The van der Waals surface area contributed by atoms with E-state index in [1.54, 1.807) is 43.3 Å². The number of amides is 1. The van der Waals surface area contributed by atoms with Crippen molar-refractivity contribution in [3.8, 4) is 5.75 Å². The molecule has 1 N–H and O–H groups in total. The highest BCUT2D eigenvalue weighted by atomic mass is 79.9. The van der Waals surface area contributed by atoms with E-state index >= 15 is 0 Å². The van der Waals surface area contributed by atoms with Crippen LogP contribution in [-0.4, -0.2) is 23.9 Å². The Balaban J connectivity index is 1.99. The van der Waals surface area contributed by atoms with Crippen molar-refractivity contribution in [2.75, 3.05) is 12.0 Å². The van der Waals surface area contributed by atoms with Gasteiger partial charge in [0.15, 0.2) is 0 Å². The molecule has 6 nitrogen and oxygen atoms in total. The van der Waals surface area contributed by atoms with Gasteiger partial charge in [-0.1, -0.05) is 39.1 Å². The highest BCUT2D eigenvalue weighted by molar-refractivity contribution is 9.10. The summed E-state index contributed by atoms with van der Waals surface area (Å²) in [6.45, 7) is 1.75. The number of methoxy groups -OCH3 is 1. The molecule has 0 radical (unpaired) electrons. The Kier molecular flexibility index (Phi) is 6.07. The van der Waals surface area contributed by atoms with Crippen LogP contribution in [0.1, 0.15) is 23.1 Å². The summed E-state index contributed by atoms with van der Waals surface area (Å²) in [6.07, 6.45) is 0. The second-order valence-corrected chi connectivity index (χ2v) is 8.82. The van der Waals surface area contributed by atoms with Gasteiger partial charge in [-0.15, -0.1) is 0 Å². The summed E-state index contributed by atoms with van der Waals surface area (Å²) in [5.74, 6) is -1.12. The molecule has 164 valence electrons. The molecule has 1 fully saturated rings. The van der Waals surface area contributed by atoms with E-state index in [-0.39, 0.29) is 26.9 Å². The molecule has 1 aliphatic heterocycles. The molecule has 0 bridgehead atoms. The molecule has 4 rings (SSSR count). The van der Waals surface area contributed by atoms with Crippen molar-refractivity contribution in [1.29, 1.82) is 0 Å². The fraction of sp³-hybridized carbons (Fsp3) is 0.130. The van der Waals surface area contributed by atoms with Crippen molar-refractivity contribution >= 4 is 62.3 Å². The van der Waals surface area contributed by atoms with Gasteiger partial charge in [0.2, 0.25) is 0 Å². The number of furan rings is 1. The maximum Gasteiger partial charge on any atom is 0.300 e. The molecule has 1 aliphatic rings. The van der Waals surface area contributed by atoms with Crippen molar-refractivity contribution in [1.82, 2.24) is 0 Å². The Labute approximate surface area is 202 Å². The Morgan fingerprint density at radius 3 is 2.41 bits per heavy atom. The number of aryl methyl sites for hydroxylation is 1. The zero-order valence-electron chi connectivity index (χ0n) is 16.9. The number of aliphatic hydroxyl groups is 1. The minimum Gasteiger partial charge on any atom is -0.507 e. The largest absolute Gasteiger partial charge is 0.507 e. The Morgan fingerprint density at radius 1 is 1.12 bits per heavy atom. The number of hydrogen-bond acceptors (Lipinski definition) is 5. The van der Waals surface area contributed by atoms with Gasteiger partial charge in [-0.2, -0.15) is 0 Å². The van der Waals surface area contributed by atoms with Crippen LogP contribution in [0.15, 0.2) is 63.0 Å². The van der Waals surface area contributed by atoms with Crippen LogP contribution in [0, 0.1) is 6.92 Å². The molecule has 1 atom stereocenters. The number of aliphatic hydroxyl groups excluding tert-OH is 1. The Hall–Kier alpha value is -2.74. The number of Topliss-reactive ketones (excluding diaryl/α,β-unsaturated/α-hetero) is 1. The van der Waals surface area contributed by atoms with E-state index in [1.807, 2.05) is 0 Å². The summed E-state index contributed by atoms with van der Waals surface area (Å²) in [5.41, 5.74) is 0.389. The second-order valence-electron chi connectivity index (χ2n) is 7.06. The molecule has 1 unspecified atom stereocenters. The lowest BCUT2D eigenvalue weighted by molar-refractivity contribution is -0.132. The molecule has 0 saturated carbocycles. The highest BCUT2D eigenvalue weighted by Crippen LogP contribution is 2.45. The molecule has 1 saturated heterocycles. The minimum atomic E-state index is -1.01. The number of carbonyl (C=O) groups is 2. The molecule has 1 amide bonds. The van der Waals surface area contributed by atoms with Crippen molar-refractivity contribution in [3.05, 3.63) is 85.7 Å². The second kappa shape index (κ2) is 8.65. The third-order valence-corrected chi connectivity index (χ3v) is 6.08. The number of hydrogen-bond donors (Lipinski definition) is 1. The van der Waals surface area contributed by atoms with Gasteiger partial charge >= 0.3 is 0 Å². The first-order chi connectivity index (χ1) is 15.2. The number of anilines is 1. The third-order valence-electron chi connectivity index (χ3n) is 5.05. The van der Waals surface area contributed by atoms with E-state index in [9.17, 15) is 14.7 Å². The number of halogens is 3. The quantitative estimate of drug-likeness (QED) is 0.241. The van der Waals surface area contributed by atoms with Crippen LogP contribution in [0.2, 0.25) is 10.0 Å². The summed E-state index contributed by atoms with van der Waals surface area (Å²) in [6, 6.07) is 12.1. The number of ether oxygens (including phenoxy) is 1. The Bertz CT molecular complexity index is 1270. The van der Waals surface area contributed by atoms with E-state index in [2.05, 4.69) is 15.9 Å². The number of benzene rings is 2.